The highest BCUT2D eigenvalue weighted by atomic mass is 79.9. The van der Waals surface area contributed by atoms with Crippen molar-refractivity contribution in [2.45, 2.75) is 6.54 Å². The Labute approximate surface area is 144 Å². The predicted molar refractivity (Wildman–Crippen MR) is 92.6 cm³/mol. The maximum absolute atomic E-state index is 14.1. The third-order valence-corrected chi connectivity index (χ3v) is 4.94. The molecule has 1 heterocycles. The van der Waals surface area contributed by atoms with E-state index in [0.717, 1.165) is 0 Å². The van der Waals surface area contributed by atoms with Crippen LogP contribution in [0.2, 0.25) is 0 Å². The number of rotatable bonds is 2. The molecule has 0 radical (unpaired) electrons. The number of benzene rings is 2. The highest BCUT2D eigenvalue weighted by molar-refractivity contribution is 9.10. The number of halogens is 2. The minimum atomic E-state index is -0.407. The summed E-state index contributed by atoms with van der Waals surface area (Å²) >= 11 is 4.56. The molecule has 2 aromatic carbocycles. The van der Waals surface area contributed by atoms with Gasteiger partial charge in [0.25, 0.3) is 5.91 Å². The van der Waals surface area contributed by atoms with Gasteiger partial charge in [-0.3, -0.25) is 4.79 Å². The lowest BCUT2D eigenvalue weighted by Gasteiger charge is -2.01. The molecule has 0 aliphatic heterocycles. The Morgan fingerprint density at radius 3 is 2.83 bits per heavy atom. The first-order valence-corrected chi connectivity index (χ1v) is 8.27. The van der Waals surface area contributed by atoms with Gasteiger partial charge in [-0.2, -0.15) is 4.99 Å². The van der Waals surface area contributed by atoms with Crippen LogP contribution in [-0.2, 0) is 6.54 Å². The first kappa shape index (κ1) is 15.7. The van der Waals surface area contributed by atoms with Crippen LogP contribution in [-0.4, -0.2) is 10.5 Å². The molecule has 3 aromatic rings. The molecule has 1 amide bonds. The third-order valence-electron chi connectivity index (χ3n) is 3.20. The quantitative estimate of drug-likeness (QED) is 0.611. The summed E-state index contributed by atoms with van der Waals surface area (Å²) in [7, 11) is 0. The zero-order valence-corrected chi connectivity index (χ0v) is 14.2. The van der Waals surface area contributed by atoms with Crippen LogP contribution in [0.15, 0.2) is 51.9 Å². The van der Waals surface area contributed by atoms with Crippen LogP contribution in [0.5, 0.6) is 0 Å². The number of fused-ring (bicyclic) bond motifs is 1. The topological polar surface area (TPSA) is 34.4 Å². The van der Waals surface area contributed by atoms with E-state index in [1.807, 2.05) is 6.07 Å². The fourth-order valence-corrected chi connectivity index (χ4v) is 3.69. The number of thiazole rings is 1. The molecular weight excluding hydrogens is 379 g/mol. The minimum absolute atomic E-state index is 0.142. The van der Waals surface area contributed by atoms with Gasteiger partial charge in [-0.25, -0.2) is 4.39 Å². The number of hydrogen-bond donors (Lipinski definition) is 0. The maximum Gasteiger partial charge on any atom is 0.280 e. The van der Waals surface area contributed by atoms with Crippen molar-refractivity contribution in [3.63, 3.8) is 0 Å². The Kier molecular flexibility index (Phi) is 4.42. The second-order valence-corrected chi connectivity index (χ2v) is 6.52. The summed E-state index contributed by atoms with van der Waals surface area (Å²) in [5.74, 6) is 1.68. The van der Waals surface area contributed by atoms with Gasteiger partial charge in [0.1, 0.15) is 5.82 Å². The van der Waals surface area contributed by atoms with Gasteiger partial charge in [0, 0.05) is 4.47 Å². The lowest BCUT2D eigenvalue weighted by atomic mass is 10.2. The van der Waals surface area contributed by atoms with Gasteiger partial charge in [-0.05, 0) is 40.2 Å². The largest absolute Gasteiger partial charge is 0.302 e. The summed E-state index contributed by atoms with van der Waals surface area (Å²) in [6.45, 7) is 0.142. The Morgan fingerprint density at radius 1 is 1.30 bits per heavy atom. The molecule has 0 saturated carbocycles. The van der Waals surface area contributed by atoms with Gasteiger partial charge < -0.3 is 4.57 Å². The van der Waals surface area contributed by atoms with Crippen molar-refractivity contribution < 1.29 is 9.18 Å². The molecule has 3 rings (SSSR count). The molecule has 1 aromatic heterocycles. The van der Waals surface area contributed by atoms with Crippen LogP contribution in [0.4, 0.5) is 4.39 Å². The average molecular weight is 389 g/mol. The number of carbonyl (C=O) groups is 1. The standard InChI is InChI=1S/C17H10BrFN2OS/c1-2-10-21-15-13(19)8-5-9-14(15)23-17(21)20-16(22)11-6-3-4-7-12(11)18/h1,3-9H,10H2. The van der Waals surface area contributed by atoms with Crippen molar-refractivity contribution in [3.05, 3.63) is 63.1 Å². The van der Waals surface area contributed by atoms with Crippen molar-refractivity contribution in [1.82, 2.24) is 4.57 Å². The first-order valence-electron chi connectivity index (χ1n) is 6.66. The normalized spacial score (nSPS) is 11.6. The molecule has 0 fully saturated rings. The van der Waals surface area contributed by atoms with E-state index in [-0.39, 0.29) is 12.4 Å². The molecule has 0 spiro atoms. The summed E-state index contributed by atoms with van der Waals surface area (Å²) in [5.41, 5.74) is 0.812. The van der Waals surface area contributed by atoms with Crippen LogP contribution in [0, 0.1) is 18.2 Å². The van der Waals surface area contributed by atoms with E-state index in [2.05, 4.69) is 26.8 Å². The number of carbonyl (C=O) groups excluding carboxylic acids is 1. The van der Waals surface area contributed by atoms with Crippen molar-refractivity contribution in [2.24, 2.45) is 4.99 Å². The summed E-state index contributed by atoms with van der Waals surface area (Å²) in [5, 5.41) is 0. The fourth-order valence-electron chi connectivity index (χ4n) is 2.19. The number of amides is 1. The highest BCUT2D eigenvalue weighted by Gasteiger charge is 2.13. The van der Waals surface area contributed by atoms with Crippen molar-refractivity contribution in [2.75, 3.05) is 0 Å². The number of nitrogens with zero attached hydrogens (tertiary/aromatic N) is 2. The number of hydrogen-bond acceptors (Lipinski definition) is 2. The van der Waals surface area contributed by atoms with E-state index >= 15 is 0 Å². The van der Waals surface area contributed by atoms with Gasteiger partial charge >= 0.3 is 0 Å². The zero-order chi connectivity index (χ0) is 16.4. The van der Waals surface area contributed by atoms with Crippen molar-refractivity contribution in [1.29, 1.82) is 0 Å². The summed E-state index contributed by atoms with van der Waals surface area (Å²) < 4.78 is 17.0. The molecule has 6 heteroatoms. The van der Waals surface area contributed by atoms with Gasteiger partial charge in [-0.15, -0.1) is 6.42 Å². The predicted octanol–water partition coefficient (Wildman–Crippen LogP) is 3.98. The molecule has 0 saturated heterocycles. The van der Waals surface area contributed by atoms with Gasteiger partial charge in [0.05, 0.1) is 22.3 Å². The number of para-hydroxylation sites is 1. The zero-order valence-electron chi connectivity index (χ0n) is 11.8. The highest BCUT2D eigenvalue weighted by Crippen LogP contribution is 2.21. The number of terminal acetylenes is 1. The van der Waals surface area contributed by atoms with E-state index in [4.69, 9.17) is 6.42 Å². The molecule has 114 valence electrons. The van der Waals surface area contributed by atoms with E-state index in [1.165, 1.54) is 17.4 Å². The Balaban J connectivity index is 2.22. The van der Waals surface area contributed by atoms with Crippen LogP contribution >= 0.6 is 27.3 Å². The first-order chi connectivity index (χ1) is 11.1. The second-order valence-electron chi connectivity index (χ2n) is 4.66. The summed E-state index contributed by atoms with van der Waals surface area (Å²) in [4.78, 5) is 16.9. The van der Waals surface area contributed by atoms with E-state index in [0.29, 0.717) is 25.1 Å². The molecule has 3 nitrogen and oxygen atoms in total. The molecule has 0 N–H and O–H groups in total. The molecule has 0 unspecified atom stereocenters. The van der Waals surface area contributed by atoms with Gasteiger partial charge in [0.2, 0.25) is 0 Å². The smallest absolute Gasteiger partial charge is 0.280 e. The van der Waals surface area contributed by atoms with Crippen molar-refractivity contribution >= 4 is 43.4 Å². The van der Waals surface area contributed by atoms with Crippen LogP contribution in [0.1, 0.15) is 10.4 Å². The number of aromatic nitrogens is 1. The van der Waals surface area contributed by atoms with E-state index < -0.39 is 5.91 Å². The molecule has 0 aliphatic carbocycles. The summed E-state index contributed by atoms with van der Waals surface area (Å²) in [6, 6.07) is 11.8. The van der Waals surface area contributed by atoms with Crippen LogP contribution < -0.4 is 4.80 Å². The molecular formula is C17H10BrFN2OS. The third kappa shape index (κ3) is 2.98. The Hall–Kier alpha value is -2.23. The monoisotopic (exact) mass is 388 g/mol. The lowest BCUT2D eigenvalue weighted by Crippen LogP contribution is -2.17. The maximum atomic E-state index is 14.1. The Morgan fingerprint density at radius 2 is 2.09 bits per heavy atom. The fraction of sp³-hybridized carbons (Fsp3) is 0.0588. The lowest BCUT2D eigenvalue weighted by molar-refractivity contribution is 0.0997. The summed E-state index contributed by atoms with van der Waals surface area (Å²) in [6.07, 6.45) is 5.37. The van der Waals surface area contributed by atoms with Gasteiger partial charge in [0.15, 0.2) is 4.80 Å². The molecule has 0 bridgehead atoms. The van der Waals surface area contributed by atoms with E-state index in [1.54, 1.807) is 34.9 Å². The van der Waals surface area contributed by atoms with Gasteiger partial charge in [-0.1, -0.05) is 35.5 Å². The van der Waals surface area contributed by atoms with Crippen molar-refractivity contribution in [3.8, 4) is 12.3 Å². The van der Waals surface area contributed by atoms with Crippen LogP contribution in [0.25, 0.3) is 10.2 Å². The second kappa shape index (κ2) is 6.49. The minimum Gasteiger partial charge on any atom is -0.302 e. The molecule has 23 heavy (non-hydrogen) atoms. The van der Waals surface area contributed by atoms with E-state index in [9.17, 15) is 9.18 Å². The van der Waals surface area contributed by atoms with Crippen LogP contribution in [0.3, 0.4) is 0 Å². The molecule has 0 atom stereocenters. The molecule has 0 aliphatic rings. The Bertz CT molecular complexity index is 1010. The average Bonchev–Trinajstić information content (AvgIpc) is 2.87. The SMILES string of the molecule is C#CCn1c(=NC(=O)c2ccccc2Br)sc2cccc(F)c21.